The number of fused-ring (bicyclic) bond motifs is 1. The Hall–Kier alpha value is -2.63. The molecule has 0 unspecified atom stereocenters. The van der Waals surface area contributed by atoms with Crippen LogP contribution in [0, 0.1) is 0 Å². The minimum Gasteiger partial charge on any atom is -0.366 e. The summed E-state index contributed by atoms with van der Waals surface area (Å²) in [5.41, 5.74) is 7.44. The number of primary amides is 1. The minimum absolute atomic E-state index is 0.254. The average Bonchev–Trinajstić information content (AvgIpc) is 2.83. The number of anilines is 1. The van der Waals surface area contributed by atoms with E-state index in [4.69, 9.17) is 5.73 Å². The van der Waals surface area contributed by atoms with Gasteiger partial charge in [-0.05, 0) is 18.2 Å². The molecule has 0 saturated carbocycles. The number of aromatic nitrogens is 3. The number of hydrogen-bond donors (Lipinski definition) is 2. The zero-order chi connectivity index (χ0) is 12.5. The topological polar surface area (TPSA) is 85.8 Å². The maximum atomic E-state index is 11.3. The highest BCUT2D eigenvalue weighted by Gasteiger charge is 2.20. The molecule has 0 spiro atoms. The maximum absolute atomic E-state index is 11.3. The molecule has 18 heavy (non-hydrogen) atoms. The first-order valence-electron chi connectivity index (χ1n) is 5.49. The molecule has 1 aliphatic rings. The largest absolute Gasteiger partial charge is 0.366 e. The Kier molecular flexibility index (Phi) is 2.33. The molecule has 2 aromatic heterocycles. The molecule has 6 heteroatoms. The predicted octanol–water partition coefficient (Wildman–Crippen LogP) is 0.692. The number of hydrogen-bond acceptors (Lipinski definition) is 4. The maximum Gasteiger partial charge on any atom is 0.271 e. The van der Waals surface area contributed by atoms with Crippen LogP contribution in [-0.4, -0.2) is 27.0 Å². The van der Waals surface area contributed by atoms with Crippen LogP contribution >= 0.6 is 0 Å². The third-order valence-corrected chi connectivity index (χ3v) is 2.78. The molecule has 6 nitrogen and oxygen atoms in total. The lowest BCUT2D eigenvalue weighted by atomic mass is 10.1. The summed E-state index contributed by atoms with van der Waals surface area (Å²) in [6.07, 6.45) is 7.08. The molecule has 0 aliphatic carbocycles. The molecular formula is C12H11N5O. The minimum atomic E-state index is -0.538. The molecule has 3 rings (SSSR count). The van der Waals surface area contributed by atoms with Crippen LogP contribution in [-0.2, 0) is 0 Å². The molecule has 2 aromatic rings. The highest BCUT2D eigenvalue weighted by atomic mass is 16.1. The highest BCUT2D eigenvalue weighted by Crippen LogP contribution is 2.26. The molecule has 0 radical (unpaired) electrons. The van der Waals surface area contributed by atoms with E-state index in [-0.39, 0.29) is 5.69 Å². The number of amides is 1. The van der Waals surface area contributed by atoms with Crippen molar-refractivity contribution in [2.45, 2.75) is 0 Å². The SMILES string of the molecule is NC(=O)c1ncn2c1NCC=C2c1cccnc1. The number of pyridine rings is 1. The second kappa shape index (κ2) is 3.99. The van der Waals surface area contributed by atoms with Gasteiger partial charge >= 0.3 is 0 Å². The zero-order valence-electron chi connectivity index (χ0n) is 9.50. The van der Waals surface area contributed by atoms with Crippen LogP contribution in [0.3, 0.4) is 0 Å². The van der Waals surface area contributed by atoms with Crippen molar-refractivity contribution in [1.29, 1.82) is 0 Å². The Bertz CT molecular complexity index is 629. The third kappa shape index (κ3) is 1.55. The summed E-state index contributed by atoms with van der Waals surface area (Å²) in [5, 5.41) is 3.10. The molecule has 0 atom stereocenters. The van der Waals surface area contributed by atoms with E-state index in [9.17, 15) is 4.79 Å². The van der Waals surface area contributed by atoms with Crippen LogP contribution in [0.4, 0.5) is 5.82 Å². The van der Waals surface area contributed by atoms with E-state index in [1.165, 1.54) is 0 Å². The van der Waals surface area contributed by atoms with E-state index in [0.29, 0.717) is 12.4 Å². The lowest BCUT2D eigenvalue weighted by Crippen LogP contribution is -2.19. The third-order valence-electron chi connectivity index (χ3n) is 2.78. The van der Waals surface area contributed by atoms with Gasteiger partial charge in [0, 0.05) is 24.5 Å². The van der Waals surface area contributed by atoms with Gasteiger partial charge in [-0.15, -0.1) is 0 Å². The summed E-state index contributed by atoms with van der Waals surface area (Å²) in [6, 6.07) is 3.82. The summed E-state index contributed by atoms with van der Waals surface area (Å²) < 4.78 is 1.81. The van der Waals surface area contributed by atoms with Gasteiger partial charge in [0.05, 0.1) is 5.70 Å². The summed E-state index contributed by atoms with van der Waals surface area (Å²) in [7, 11) is 0. The van der Waals surface area contributed by atoms with Gasteiger partial charge in [0.15, 0.2) is 5.69 Å². The Balaban J connectivity index is 2.11. The molecule has 1 aliphatic heterocycles. The van der Waals surface area contributed by atoms with Crippen molar-refractivity contribution in [2.75, 3.05) is 11.9 Å². The first-order chi connectivity index (χ1) is 8.77. The van der Waals surface area contributed by atoms with Crippen molar-refractivity contribution in [1.82, 2.24) is 14.5 Å². The van der Waals surface area contributed by atoms with Crippen LogP contribution in [0.2, 0.25) is 0 Å². The standard InChI is InChI=1S/C12H11N5O/c13-11(18)10-12-15-5-3-9(17(12)7-16-10)8-2-1-4-14-6-8/h1-4,6-7,15H,5H2,(H2,13,18). The Labute approximate surface area is 103 Å². The molecule has 90 valence electrons. The van der Waals surface area contributed by atoms with Crippen molar-refractivity contribution in [3.63, 3.8) is 0 Å². The smallest absolute Gasteiger partial charge is 0.271 e. The highest BCUT2D eigenvalue weighted by molar-refractivity contribution is 5.97. The van der Waals surface area contributed by atoms with E-state index in [0.717, 1.165) is 11.3 Å². The van der Waals surface area contributed by atoms with Crippen LogP contribution in [0.1, 0.15) is 16.1 Å². The van der Waals surface area contributed by atoms with Gasteiger partial charge < -0.3 is 11.1 Å². The lowest BCUT2D eigenvalue weighted by Gasteiger charge is -2.18. The number of rotatable bonds is 2. The van der Waals surface area contributed by atoms with Gasteiger partial charge in [-0.25, -0.2) is 4.98 Å². The predicted molar refractivity (Wildman–Crippen MR) is 66.8 cm³/mol. The first kappa shape index (κ1) is 10.5. The van der Waals surface area contributed by atoms with Gasteiger partial charge in [0.2, 0.25) is 0 Å². The van der Waals surface area contributed by atoms with Gasteiger partial charge in [0.25, 0.3) is 5.91 Å². The molecule has 3 N–H and O–H groups in total. The van der Waals surface area contributed by atoms with E-state index in [1.54, 1.807) is 23.3 Å². The fraction of sp³-hybridized carbons (Fsp3) is 0.0833. The lowest BCUT2D eigenvalue weighted by molar-refractivity contribution is 0.0997. The molecule has 3 heterocycles. The molecule has 0 aromatic carbocycles. The number of carbonyl (C=O) groups is 1. The van der Waals surface area contributed by atoms with Crippen LogP contribution in [0.15, 0.2) is 36.9 Å². The molecule has 0 saturated heterocycles. The van der Waals surface area contributed by atoms with E-state index in [1.807, 2.05) is 18.2 Å². The van der Waals surface area contributed by atoms with Gasteiger partial charge in [0.1, 0.15) is 12.1 Å². The molecular weight excluding hydrogens is 230 g/mol. The normalized spacial score (nSPS) is 13.4. The second-order valence-corrected chi connectivity index (χ2v) is 3.89. The summed E-state index contributed by atoms with van der Waals surface area (Å²) in [6.45, 7) is 0.621. The van der Waals surface area contributed by atoms with E-state index < -0.39 is 5.91 Å². The van der Waals surface area contributed by atoms with Crippen molar-refractivity contribution in [2.24, 2.45) is 5.73 Å². The van der Waals surface area contributed by atoms with E-state index >= 15 is 0 Å². The van der Waals surface area contributed by atoms with Crippen molar-refractivity contribution in [3.05, 3.63) is 48.2 Å². The van der Waals surface area contributed by atoms with Gasteiger partial charge in [-0.2, -0.15) is 0 Å². The van der Waals surface area contributed by atoms with Crippen molar-refractivity contribution >= 4 is 17.4 Å². The number of nitrogens with two attached hydrogens (primary N) is 1. The first-order valence-corrected chi connectivity index (χ1v) is 5.49. The van der Waals surface area contributed by atoms with Crippen molar-refractivity contribution < 1.29 is 4.79 Å². The summed E-state index contributed by atoms with van der Waals surface area (Å²) in [5.74, 6) is 0.0903. The van der Waals surface area contributed by atoms with Gasteiger partial charge in [-0.1, -0.05) is 0 Å². The number of carbonyl (C=O) groups excluding carboxylic acids is 1. The van der Waals surface area contributed by atoms with Crippen molar-refractivity contribution in [3.8, 4) is 0 Å². The molecule has 0 fully saturated rings. The van der Waals surface area contributed by atoms with Crippen LogP contribution in [0.25, 0.3) is 5.70 Å². The van der Waals surface area contributed by atoms with Crippen LogP contribution in [0.5, 0.6) is 0 Å². The monoisotopic (exact) mass is 241 g/mol. The number of nitrogens with zero attached hydrogens (tertiary/aromatic N) is 3. The Morgan fingerprint density at radius 3 is 3.11 bits per heavy atom. The summed E-state index contributed by atoms with van der Waals surface area (Å²) >= 11 is 0. The quantitative estimate of drug-likeness (QED) is 0.810. The van der Waals surface area contributed by atoms with Crippen LogP contribution < -0.4 is 11.1 Å². The summed E-state index contributed by atoms with van der Waals surface area (Å²) in [4.78, 5) is 19.4. The number of imidazole rings is 1. The average molecular weight is 241 g/mol. The Morgan fingerprint density at radius 1 is 1.50 bits per heavy atom. The number of nitrogens with one attached hydrogen (secondary N) is 1. The fourth-order valence-electron chi connectivity index (χ4n) is 1.99. The van der Waals surface area contributed by atoms with Gasteiger partial charge in [-0.3, -0.25) is 14.3 Å². The van der Waals surface area contributed by atoms with E-state index in [2.05, 4.69) is 15.3 Å². The Morgan fingerprint density at radius 2 is 2.39 bits per heavy atom. The molecule has 0 bridgehead atoms. The second-order valence-electron chi connectivity index (χ2n) is 3.89. The fourth-order valence-corrected chi connectivity index (χ4v) is 1.99. The zero-order valence-corrected chi connectivity index (χ0v) is 9.50. The molecule has 1 amide bonds.